The maximum absolute atomic E-state index is 14.0. The Morgan fingerprint density at radius 3 is 1.16 bits per heavy atom. The van der Waals surface area contributed by atoms with Crippen LogP contribution in [0.25, 0.3) is 0 Å². The van der Waals surface area contributed by atoms with Crippen LogP contribution in [0.15, 0.2) is 0 Å². The second kappa shape index (κ2) is 6.50. The third kappa shape index (κ3) is 2.91. The zero-order valence-corrected chi connectivity index (χ0v) is 19.4. The zero-order chi connectivity index (χ0) is 21.0. The molecule has 8 aliphatic carbocycles. The molecule has 0 radical (unpaired) electrons. The van der Waals surface area contributed by atoms with Crippen molar-refractivity contribution in [2.24, 2.45) is 52.3 Å². The van der Waals surface area contributed by atoms with Crippen molar-refractivity contribution in [2.45, 2.75) is 84.0 Å². The molecule has 9 aliphatic rings. The van der Waals surface area contributed by atoms with E-state index >= 15 is 0 Å². The lowest BCUT2D eigenvalue weighted by molar-refractivity contribution is -0.172. The average molecular weight is 425 g/mol. The topological polar surface area (TPSA) is 40.6 Å². The van der Waals surface area contributed by atoms with Crippen molar-refractivity contribution in [3.63, 3.8) is 0 Å². The molecule has 2 amide bonds. The molecule has 1 saturated heterocycles. The number of carbonyl (C=O) groups is 2. The van der Waals surface area contributed by atoms with E-state index in [4.69, 9.17) is 0 Å². The summed E-state index contributed by atoms with van der Waals surface area (Å²) in [7, 11) is 0. The van der Waals surface area contributed by atoms with Gasteiger partial charge in [0.1, 0.15) is 0 Å². The van der Waals surface area contributed by atoms with Gasteiger partial charge in [-0.15, -0.1) is 0 Å². The molecule has 9 fully saturated rings. The Bertz CT molecular complexity index is 668. The molecule has 31 heavy (non-hydrogen) atoms. The first-order chi connectivity index (χ1) is 14.9. The Hall–Kier alpha value is -1.06. The lowest BCUT2D eigenvalue weighted by atomic mass is 9.49. The molecule has 0 unspecified atom stereocenters. The van der Waals surface area contributed by atoms with Gasteiger partial charge in [0.2, 0.25) is 11.8 Å². The third-order valence-electron chi connectivity index (χ3n) is 11.0. The molecule has 0 N–H and O–H groups in total. The number of hydrogen-bond donors (Lipinski definition) is 0. The van der Waals surface area contributed by atoms with E-state index in [0.29, 0.717) is 24.4 Å². The highest BCUT2D eigenvalue weighted by molar-refractivity contribution is 5.86. The normalized spacial score (nSPS) is 52.1. The molecule has 0 spiro atoms. The van der Waals surface area contributed by atoms with Gasteiger partial charge in [-0.25, -0.2) is 0 Å². The highest BCUT2D eigenvalue weighted by atomic mass is 16.2. The van der Waals surface area contributed by atoms with Crippen LogP contribution in [0.2, 0.25) is 0 Å². The smallest absolute Gasteiger partial charge is 0.230 e. The summed E-state index contributed by atoms with van der Waals surface area (Å²) >= 11 is 0. The number of amides is 2. The molecule has 4 heteroatoms. The molecule has 8 saturated carbocycles. The van der Waals surface area contributed by atoms with Crippen molar-refractivity contribution in [3.8, 4) is 0 Å². The van der Waals surface area contributed by atoms with Gasteiger partial charge in [0.25, 0.3) is 0 Å². The minimum atomic E-state index is -0.0821. The highest BCUT2D eigenvalue weighted by Crippen LogP contribution is 2.62. The molecule has 170 valence electrons. The van der Waals surface area contributed by atoms with Crippen LogP contribution >= 0.6 is 0 Å². The average Bonchev–Trinajstić information content (AvgIpc) is 2.70. The first kappa shape index (κ1) is 19.4. The van der Waals surface area contributed by atoms with Gasteiger partial charge in [-0.3, -0.25) is 9.59 Å². The molecule has 0 atom stereocenters. The van der Waals surface area contributed by atoms with Crippen LogP contribution < -0.4 is 0 Å². The number of rotatable bonds is 2. The molecule has 0 aromatic rings. The van der Waals surface area contributed by atoms with Gasteiger partial charge >= 0.3 is 0 Å². The summed E-state index contributed by atoms with van der Waals surface area (Å²) < 4.78 is 0. The molecule has 9 rings (SSSR count). The first-order valence-electron chi connectivity index (χ1n) is 13.5. The van der Waals surface area contributed by atoms with E-state index in [0.717, 1.165) is 87.1 Å². The number of carbonyl (C=O) groups excluding carboxylic acids is 2. The van der Waals surface area contributed by atoms with Gasteiger partial charge in [-0.05, 0) is 118 Å². The Labute approximate surface area is 187 Å². The Kier molecular flexibility index (Phi) is 4.07. The van der Waals surface area contributed by atoms with E-state index in [1.807, 2.05) is 0 Å². The third-order valence-corrected chi connectivity index (χ3v) is 11.0. The lowest BCUT2D eigenvalue weighted by Gasteiger charge is -2.58. The second-order valence-electron chi connectivity index (χ2n) is 13.7. The Morgan fingerprint density at radius 2 is 0.871 bits per heavy atom. The van der Waals surface area contributed by atoms with Crippen LogP contribution in [0, 0.1) is 52.3 Å². The lowest BCUT2D eigenvalue weighted by Crippen LogP contribution is -2.62. The van der Waals surface area contributed by atoms with Gasteiger partial charge in [0, 0.05) is 13.1 Å². The van der Waals surface area contributed by atoms with Crippen LogP contribution in [0.3, 0.4) is 0 Å². The van der Waals surface area contributed by atoms with Crippen molar-refractivity contribution in [3.05, 3.63) is 0 Å². The highest BCUT2D eigenvalue weighted by Gasteiger charge is 2.58. The summed E-state index contributed by atoms with van der Waals surface area (Å²) in [6.45, 7) is 4.53. The van der Waals surface area contributed by atoms with Crippen molar-refractivity contribution in [2.75, 3.05) is 19.8 Å². The molecule has 8 bridgehead atoms. The van der Waals surface area contributed by atoms with Crippen LogP contribution in [0.1, 0.15) is 84.0 Å². The summed E-state index contributed by atoms with van der Waals surface area (Å²) in [6, 6.07) is 0. The maximum atomic E-state index is 14.0. The largest absolute Gasteiger partial charge is 0.324 e. The quantitative estimate of drug-likeness (QED) is 0.646. The molecule has 0 aromatic heterocycles. The first-order valence-corrected chi connectivity index (χ1v) is 13.5. The Balaban J connectivity index is 1.12. The van der Waals surface area contributed by atoms with E-state index in [2.05, 4.69) is 16.7 Å². The number of nitrogens with zero attached hydrogens (tertiary/aromatic N) is 2. The van der Waals surface area contributed by atoms with Crippen LogP contribution in [-0.4, -0.2) is 41.4 Å². The van der Waals surface area contributed by atoms with Crippen LogP contribution in [0.5, 0.6) is 0 Å². The summed E-state index contributed by atoms with van der Waals surface area (Å²) in [4.78, 5) is 32.3. The van der Waals surface area contributed by atoms with Gasteiger partial charge in [0.15, 0.2) is 0 Å². The number of hydrogen-bond acceptors (Lipinski definition) is 2. The SMILES string of the molecule is CC1CN(C(=O)C23CC4CC(CC(C4)C2)C3)CN(C(=O)C23CC4CC(CC(C4)C2)C3)C1. The van der Waals surface area contributed by atoms with Crippen molar-refractivity contribution in [1.29, 1.82) is 0 Å². The van der Waals surface area contributed by atoms with Crippen molar-refractivity contribution < 1.29 is 9.59 Å². The molecule has 1 aliphatic heterocycles. The van der Waals surface area contributed by atoms with Crippen molar-refractivity contribution >= 4 is 11.8 Å². The van der Waals surface area contributed by atoms with Gasteiger partial charge in [-0.1, -0.05) is 6.92 Å². The van der Waals surface area contributed by atoms with E-state index in [1.54, 1.807) is 0 Å². The minimum absolute atomic E-state index is 0.0821. The van der Waals surface area contributed by atoms with Crippen molar-refractivity contribution in [1.82, 2.24) is 9.80 Å². The fourth-order valence-corrected chi connectivity index (χ4v) is 10.8. The fraction of sp³-hybridized carbons (Fsp3) is 0.926. The molecule has 4 nitrogen and oxygen atoms in total. The van der Waals surface area contributed by atoms with E-state index in [9.17, 15) is 9.59 Å². The fourth-order valence-electron chi connectivity index (χ4n) is 10.8. The zero-order valence-electron chi connectivity index (χ0n) is 19.4. The van der Waals surface area contributed by atoms with E-state index < -0.39 is 0 Å². The van der Waals surface area contributed by atoms with E-state index in [1.165, 1.54) is 38.5 Å². The molecular weight excluding hydrogens is 384 g/mol. The van der Waals surface area contributed by atoms with E-state index in [-0.39, 0.29) is 10.8 Å². The summed E-state index contributed by atoms with van der Waals surface area (Å²) in [5, 5.41) is 0. The van der Waals surface area contributed by atoms with Gasteiger partial charge < -0.3 is 9.80 Å². The minimum Gasteiger partial charge on any atom is -0.324 e. The molecular formula is C27H40N2O2. The summed E-state index contributed by atoms with van der Waals surface area (Å²) in [5.41, 5.74) is -0.164. The second-order valence-corrected chi connectivity index (χ2v) is 13.7. The summed E-state index contributed by atoms with van der Waals surface area (Å²) in [6.07, 6.45) is 15.0. The maximum Gasteiger partial charge on any atom is 0.230 e. The van der Waals surface area contributed by atoms with Crippen LogP contribution in [0.4, 0.5) is 0 Å². The molecule has 1 heterocycles. The monoisotopic (exact) mass is 424 g/mol. The van der Waals surface area contributed by atoms with Gasteiger partial charge in [0.05, 0.1) is 17.5 Å². The predicted molar refractivity (Wildman–Crippen MR) is 119 cm³/mol. The Morgan fingerprint density at radius 1 is 0.581 bits per heavy atom. The predicted octanol–water partition coefficient (Wildman–Crippen LogP) is 4.68. The summed E-state index contributed by atoms with van der Waals surface area (Å²) in [5.74, 6) is 5.99. The standard InChI is InChI=1S/C27H40N2O2/c1-17-14-28(24(30)26-8-18-2-19(9-26)4-20(3-18)10-26)16-29(15-17)25(31)27-11-21-5-22(12-27)7-23(6-21)13-27/h17-23H,2-16H2,1H3. The van der Waals surface area contributed by atoms with Gasteiger partial charge in [-0.2, -0.15) is 0 Å². The molecule has 0 aromatic carbocycles. The van der Waals surface area contributed by atoms with Crippen LogP contribution in [-0.2, 0) is 9.59 Å².